The molecule has 0 aromatic heterocycles. The molecule has 2 saturated carbocycles. The predicted molar refractivity (Wildman–Crippen MR) is 145 cm³/mol. The number of hydrogen-bond donors (Lipinski definition) is 2. The molecule has 3 aliphatic carbocycles. The smallest absolute Gasteiger partial charge is 0.166 e. The van der Waals surface area contributed by atoms with Crippen LogP contribution in [-0.4, -0.2) is 42.7 Å². The van der Waals surface area contributed by atoms with E-state index in [9.17, 15) is 0 Å². The van der Waals surface area contributed by atoms with Crippen LogP contribution in [0.5, 0.6) is 0 Å². The molecule has 0 amide bonds. The molecule has 0 heterocycles. The zero-order chi connectivity index (χ0) is 23.8. The maximum atomic E-state index is 5.83. The summed E-state index contributed by atoms with van der Waals surface area (Å²) >= 11 is 5.83. The third-order valence-corrected chi connectivity index (χ3v) is 9.79. The average molecular weight is 470 g/mol. The first-order chi connectivity index (χ1) is 15.6. The van der Waals surface area contributed by atoms with E-state index < -0.39 is 0 Å². The molecule has 0 saturated heterocycles. The van der Waals surface area contributed by atoms with Gasteiger partial charge in [0.15, 0.2) is 5.11 Å². The summed E-state index contributed by atoms with van der Waals surface area (Å²) in [5.41, 5.74) is 5.30. The lowest BCUT2D eigenvalue weighted by Crippen LogP contribution is -2.56. The van der Waals surface area contributed by atoms with Gasteiger partial charge in [-0.2, -0.15) is 0 Å². The molecule has 4 heteroatoms. The number of aryl methyl sites for hydroxylation is 1. The summed E-state index contributed by atoms with van der Waals surface area (Å²) in [6, 6.07) is 8.43. The summed E-state index contributed by atoms with van der Waals surface area (Å²) in [6.45, 7) is 10.7. The van der Waals surface area contributed by atoms with E-state index in [1.54, 1.807) is 11.1 Å². The van der Waals surface area contributed by atoms with Crippen LogP contribution in [-0.2, 0) is 11.8 Å². The van der Waals surface area contributed by atoms with Crippen LogP contribution in [0.1, 0.15) is 102 Å². The third-order valence-electron chi connectivity index (χ3n) is 9.53. The first-order valence-electron chi connectivity index (χ1n) is 13.5. The molecule has 3 aliphatic rings. The monoisotopic (exact) mass is 469 g/mol. The molecular formula is C29H47N3S. The number of nitrogens with one attached hydrogen (secondary N) is 2. The summed E-state index contributed by atoms with van der Waals surface area (Å²) in [4.78, 5) is 2.37. The van der Waals surface area contributed by atoms with Crippen molar-refractivity contribution in [3.05, 3.63) is 34.9 Å². The van der Waals surface area contributed by atoms with Crippen LogP contribution < -0.4 is 10.6 Å². The second kappa shape index (κ2) is 9.85. The molecule has 0 aliphatic heterocycles. The Labute approximate surface area is 208 Å². The van der Waals surface area contributed by atoms with Gasteiger partial charge in [0.25, 0.3) is 0 Å². The molecule has 2 N–H and O–H groups in total. The van der Waals surface area contributed by atoms with Gasteiger partial charge in [-0.05, 0) is 104 Å². The van der Waals surface area contributed by atoms with Crippen LogP contribution in [0.2, 0.25) is 0 Å². The fraction of sp³-hybridized carbons (Fsp3) is 0.759. The van der Waals surface area contributed by atoms with Crippen molar-refractivity contribution in [3.8, 4) is 0 Å². The molecule has 184 valence electrons. The summed E-state index contributed by atoms with van der Waals surface area (Å²) in [6.07, 6.45) is 11.6. The fourth-order valence-electron chi connectivity index (χ4n) is 7.61. The lowest BCUT2D eigenvalue weighted by Gasteiger charge is -2.55. The van der Waals surface area contributed by atoms with Crippen molar-refractivity contribution in [3.63, 3.8) is 0 Å². The number of likely N-dealkylation sites (N-methyl/N-ethyl adjacent to an activating group) is 1. The van der Waals surface area contributed by atoms with Gasteiger partial charge in [-0.25, -0.2) is 0 Å². The van der Waals surface area contributed by atoms with Gasteiger partial charge in [-0.3, -0.25) is 0 Å². The van der Waals surface area contributed by atoms with E-state index in [2.05, 4.69) is 75.5 Å². The van der Waals surface area contributed by atoms with Crippen molar-refractivity contribution in [1.82, 2.24) is 15.5 Å². The summed E-state index contributed by atoms with van der Waals surface area (Å²) in [7, 11) is 4.41. The highest BCUT2D eigenvalue weighted by Gasteiger charge is 2.51. The van der Waals surface area contributed by atoms with Gasteiger partial charge in [0.05, 0.1) is 0 Å². The maximum absolute atomic E-state index is 5.83. The Kier molecular flexibility index (Phi) is 7.46. The first-order valence-corrected chi connectivity index (χ1v) is 13.9. The van der Waals surface area contributed by atoms with Crippen LogP contribution >= 0.6 is 12.2 Å². The third kappa shape index (κ3) is 4.98. The van der Waals surface area contributed by atoms with Crippen molar-refractivity contribution < 1.29 is 0 Å². The largest absolute Gasteiger partial charge is 0.362 e. The van der Waals surface area contributed by atoms with Gasteiger partial charge >= 0.3 is 0 Å². The molecule has 3 nitrogen and oxygen atoms in total. The Balaban J connectivity index is 1.45. The summed E-state index contributed by atoms with van der Waals surface area (Å²) < 4.78 is 0. The zero-order valence-electron chi connectivity index (χ0n) is 22.0. The highest BCUT2D eigenvalue weighted by Crippen LogP contribution is 2.57. The SMILES string of the molecule is CC(C)c1ccc2c(c1)CC[C@H]1[C@](C)(CNC(=S)N[C@H]3CCCC[C@@H]3N(C)C)CCC[C@]21C. The normalized spacial score (nSPS) is 34.0. The molecule has 4 rings (SSSR count). The van der Waals surface area contributed by atoms with E-state index in [1.807, 2.05) is 0 Å². The Morgan fingerprint density at radius 1 is 1.09 bits per heavy atom. The maximum Gasteiger partial charge on any atom is 0.166 e. The number of benzene rings is 1. The molecule has 0 bridgehead atoms. The Morgan fingerprint density at radius 3 is 2.58 bits per heavy atom. The first kappa shape index (κ1) is 25.0. The van der Waals surface area contributed by atoms with Crippen LogP contribution in [0.3, 0.4) is 0 Å². The molecule has 2 fully saturated rings. The molecule has 33 heavy (non-hydrogen) atoms. The van der Waals surface area contributed by atoms with Gasteiger partial charge in [0, 0.05) is 18.6 Å². The van der Waals surface area contributed by atoms with Crippen LogP contribution in [0, 0.1) is 11.3 Å². The van der Waals surface area contributed by atoms with Gasteiger partial charge in [-0.15, -0.1) is 0 Å². The molecule has 1 aromatic rings. The van der Waals surface area contributed by atoms with Crippen molar-refractivity contribution in [2.75, 3.05) is 20.6 Å². The number of fused-ring (bicyclic) bond motifs is 3. The van der Waals surface area contributed by atoms with Crippen LogP contribution in [0.15, 0.2) is 18.2 Å². The lowest BCUT2D eigenvalue weighted by atomic mass is 9.49. The molecule has 0 radical (unpaired) electrons. The van der Waals surface area contributed by atoms with Gasteiger partial charge in [0.1, 0.15) is 0 Å². The van der Waals surface area contributed by atoms with E-state index in [0.29, 0.717) is 23.9 Å². The topological polar surface area (TPSA) is 27.3 Å². The fourth-order valence-corrected chi connectivity index (χ4v) is 7.84. The number of thiocarbonyl (C=S) groups is 1. The van der Waals surface area contributed by atoms with Gasteiger partial charge in [-0.1, -0.05) is 65.2 Å². The molecular weight excluding hydrogens is 422 g/mol. The minimum Gasteiger partial charge on any atom is -0.362 e. The van der Waals surface area contributed by atoms with E-state index in [1.165, 1.54) is 63.4 Å². The summed E-state index contributed by atoms with van der Waals surface area (Å²) in [5.74, 6) is 1.31. The van der Waals surface area contributed by atoms with Crippen molar-refractivity contribution in [1.29, 1.82) is 0 Å². The van der Waals surface area contributed by atoms with E-state index in [4.69, 9.17) is 12.2 Å². The number of nitrogens with zero attached hydrogens (tertiary/aromatic N) is 1. The highest BCUT2D eigenvalue weighted by molar-refractivity contribution is 7.80. The van der Waals surface area contributed by atoms with Crippen molar-refractivity contribution >= 4 is 17.3 Å². The molecule has 5 atom stereocenters. The Bertz CT molecular complexity index is 849. The van der Waals surface area contributed by atoms with Crippen LogP contribution in [0.4, 0.5) is 0 Å². The van der Waals surface area contributed by atoms with Gasteiger partial charge < -0.3 is 15.5 Å². The molecule has 0 unspecified atom stereocenters. The van der Waals surface area contributed by atoms with Crippen LogP contribution in [0.25, 0.3) is 0 Å². The number of rotatable bonds is 5. The Hall–Kier alpha value is -1.13. The standard InChI is InChI=1S/C29H47N3S/c1-20(2)21-12-14-23-22(18-21)13-15-26-28(3,16-9-17-29(23,26)4)19-30-27(33)31-24-10-7-8-11-25(24)32(5)6/h12,14,18,20,24-26H,7-11,13,15-17,19H2,1-6H3,(H2,30,31,33)/t24-,25-,26-,28-,29+/m0/s1. The molecule has 1 aromatic carbocycles. The lowest BCUT2D eigenvalue weighted by molar-refractivity contribution is 0.0291. The second-order valence-corrected chi connectivity index (χ2v) is 12.7. The molecule has 0 spiro atoms. The minimum absolute atomic E-state index is 0.278. The average Bonchev–Trinajstić information content (AvgIpc) is 2.77. The van der Waals surface area contributed by atoms with E-state index in [0.717, 1.165) is 11.7 Å². The predicted octanol–water partition coefficient (Wildman–Crippen LogP) is 6.16. The van der Waals surface area contributed by atoms with Gasteiger partial charge in [0.2, 0.25) is 0 Å². The van der Waals surface area contributed by atoms with E-state index in [-0.39, 0.29) is 10.8 Å². The number of hydrogen-bond acceptors (Lipinski definition) is 2. The second-order valence-electron chi connectivity index (χ2n) is 12.3. The zero-order valence-corrected chi connectivity index (χ0v) is 22.8. The minimum atomic E-state index is 0.278. The quantitative estimate of drug-likeness (QED) is 0.505. The van der Waals surface area contributed by atoms with E-state index >= 15 is 0 Å². The van der Waals surface area contributed by atoms with Crippen molar-refractivity contribution in [2.45, 2.75) is 109 Å². The summed E-state index contributed by atoms with van der Waals surface area (Å²) in [5, 5.41) is 8.26. The van der Waals surface area contributed by atoms with Crippen molar-refractivity contribution in [2.24, 2.45) is 11.3 Å². The highest BCUT2D eigenvalue weighted by atomic mass is 32.1. The Morgan fingerprint density at radius 2 is 1.85 bits per heavy atom.